The Morgan fingerprint density at radius 3 is 2.82 bits per heavy atom. The summed E-state index contributed by atoms with van der Waals surface area (Å²) in [5.41, 5.74) is 10.0. The minimum atomic E-state index is -0.235. The highest BCUT2D eigenvalue weighted by atomic mass is 19.1. The Morgan fingerprint density at radius 1 is 1.18 bits per heavy atom. The normalized spacial score (nSPS) is 18.1. The average molecular weight is 228 g/mol. The molecule has 1 aromatic heterocycles. The van der Waals surface area contributed by atoms with Crippen LogP contribution < -0.4 is 5.73 Å². The van der Waals surface area contributed by atoms with E-state index in [1.165, 1.54) is 23.3 Å². The molecule has 0 saturated heterocycles. The van der Waals surface area contributed by atoms with E-state index >= 15 is 0 Å². The summed E-state index contributed by atoms with van der Waals surface area (Å²) in [7, 11) is 0. The summed E-state index contributed by atoms with van der Waals surface area (Å²) in [5.74, 6) is -0.235. The highest BCUT2D eigenvalue weighted by Gasteiger charge is 2.19. The molecule has 1 aliphatic rings. The van der Waals surface area contributed by atoms with Gasteiger partial charge in [0.15, 0.2) is 0 Å². The Hall–Kier alpha value is -1.74. The fourth-order valence-corrected chi connectivity index (χ4v) is 2.34. The molecule has 0 spiro atoms. The number of rotatable bonds is 1. The Kier molecular flexibility index (Phi) is 2.41. The summed E-state index contributed by atoms with van der Waals surface area (Å²) in [4.78, 5) is 4.37. The number of halogens is 1. The maximum atomic E-state index is 13.1. The smallest absolute Gasteiger partial charge is 0.123 e. The SMILES string of the molecule is NC1Cc2cnc(-c3cccc(F)c3)cc2C1. The van der Waals surface area contributed by atoms with Crippen molar-refractivity contribution in [2.24, 2.45) is 5.73 Å². The molecule has 0 radical (unpaired) electrons. The molecule has 3 heteroatoms. The van der Waals surface area contributed by atoms with Gasteiger partial charge in [-0.05, 0) is 42.2 Å². The van der Waals surface area contributed by atoms with E-state index < -0.39 is 0 Å². The summed E-state index contributed by atoms with van der Waals surface area (Å²) >= 11 is 0. The van der Waals surface area contributed by atoms with Crippen LogP contribution in [0.4, 0.5) is 4.39 Å². The Bertz CT molecular complexity index is 566. The largest absolute Gasteiger partial charge is 0.327 e. The van der Waals surface area contributed by atoms with E-state index in [4.69, 9.17) is 5.73 Å². The monoisotopic (exact) mass is 228 g/mol. The highest BCUT2D eigenvalue weighted by Crippen LogP contribution is 2.25. The third-order valence-electron chi connectivity index (χ3n) is 3.17. The molecule has 1 unspecified atom stereocenters. The minimum Gasteiger partial charge on any atom is -0.327 e. The van der Waals surface area contributed by atoms with Crippen molar-refractivity contribution in [3.8, 4) is 11.3 Å². The summed E-state index contributed by atoms with van der Waals surface area (Å²) in [6, 6.07) is 8.74. The van der Waals surface area contributed by atoms with Crippen LogP contribution in [0.5, 0.6) is 0 Å². The second-order valence-electron chi connectivity index (χ2n) is 4.52. The maximum absolute atomic E-state index is 13.1. The van der Waals surface area contributed by atoms with Gasteiger partial charge < -0.3 is 5.73 Å². The number of nitrogens with zero attached hydrogens (tertiary/aromatic N) is 1. The van der Waals surface area contributed by atoms with Crippen molar-refractivity contribution < 1.29 is 4.39 Å². The van der Waals surface area contributed by atoms with Crippen molar-refractivity contribution in [1.82, 2.24) is 4.98 Å². The minimum absolute atomic E-state index is 0.203. The van der Waals surface area contributed by atoms with Crippen LogP contribution in [0, 0.1) is 5.82 Å². The molecule has 0 aliphatic heterocycles. The zero-order valence-corrected chi connectivity index (χ0v) is 9.36. The summed E-state index contributed by atoms with van der Waals surface area (Å²) in [6.45, 7) is 0. The molecule has 2 N–H and O–H groups in total. The maximum Gasteiger partial charge on any atom is 0.123 e. The molecule has 1 aromatic carbocycles. The molecule has 3 rings (SSSR count). The molecular weight excluding hydrogens is 215 g/mol. The molecule has 0 fully saturated rings. The topological polar surface area (TPSA) is 38.9 Å². The van der Waals surface area contributed by atoms with Crippen molar-refractivity contribution >= 4 is 0 Å². The number of hydrogen-bond acceptors (Lipinski definition) is 2. The molecular formula is C14H13FN2. The van der Waals surface area contributed by atoms with Crippen LogP contribution >= 0.6 is 0 Å². The highest BCUT2D eigenvalue weighted by molar-refractivity contribution is 5.60. The van der Waals surface area contributed by atoms with Gasteiger partial charge in [-0.25, -0.2) is 4.39 Å². The van der Waals surface area contributed by atoms with Crippen LogP contribution in [0.2, 0.25) is 0 Å². The molecule has 1 heterocycles. The van der Waals surface area contributed by atoms with E-state index in [0.717, 1.165) is 24.1 Å². The number of benzene rings is 1. The van der Waals surface area contributed by atoms with Gasteiger partial charge in [0.25, 0.3) is 0 Å². The van der Waals surface area contributed by atoms with Crippen LogP contribution in [-0.2, 0) is 12.8 Å². The summed E-state index contributed by atoms with van der Waals surface area (Å²) in [6.07, 6.45) is 3.65. The Morgan fingerprint density at radius 2 is 2.00 bits per heavy atom. The van der Waals surface area contributed by atoms with Crippen LogP contribution in [0.1, 0.15) is 11.1 Å². The van der Waals surface area contributed by atoms with Crippen molar-refractivity contribution in [1.29, 1.82) is 0 Å². The first-order valence-electron chi connectivity index (χ1n) is 5.72. The molecule has 0 bridgehead atoms. The molecule has 86 valence electrons. The molecule has 2 aromatic rings. The van der Waals surface area contributed by atoms with Gasteiger partial charge in [0.1, 0.15) is 5.82 Å². The summed E-state index contributed by atoms with van der Waals surface area (Å²) in [5, 5.41) is 0. The van der Waals surface area contributed by atoms with Crippen molar-refractivity contribution in [3.05, 3.63) is 53.5 Å². The molecule has 2 nitrogen and oxygen atoms in total. The molecule has 0 saturated carbocycles. The van der Waals surface area contributed by atoms with Crippen LogP contribution in [0.15, 0.2) is 36.5 Å². The van der Waals surface area contributed by atoms with E-state index in [2.05, 4.69) is 4.98 Å². The average Bonchev–Trinajstić information content (AvgIpc) is 2.68. The number of nitrogens with two attached hydrogens (primary N) is 1. The fraction of sp³-hybridized carbons (Fsp3) is 0.214. The number of fused-ring (bicyclic) bond motifs is 1. The van der Waals surface area contributed by atoms with Gasteiger partial charge in [0.05, 0.1) is 5.69 Å². The first-order valence-corrected chi connectivity index (χ1v) is 5.72. The van der Waals surface area contributed by atoms with Crippen LogP contribution in [0.3, 0.4) is 0 Å². The third-order valence-corrected chi connectivity index (χ3v) is 3.17. The van der Waals surface area contributed by atoms with Gasteiger partial charge in [0.2, 0.25) is 0 Å². The van der Waals surface area contributed by atoms with Crippen LogP contribution in [-0.4, -0.2) is 11.0 Å². The predicted octanol–water partition coefficient (Wildman–Crippen LogP) is 2.31. The van der Waals surface area contributed by atoms with Crippen molar-refractivity contribution in [2.75, 3.05) is 0 Å². The Balaban J connectivity index is 2.03. The first-order chi connectivity index (χ1) is 8.22. The van der Waals surface area contributed by atoms with E-state index in [1.54, 1.807) is 6.07 Å². The van der Waals surface area contributed by atoms with Gasteiger partial charge in [-0.15, -0.1) is 0 Å². The van der Waals surface area contributed by atoms with Crippen LogP contribution in [0.25, 0.3) is 11.3 Å². The zero-order valence-electron chi connectivity index (χ0n) is 9.36. The molecule has 1 aliphatic carbocycles. The lowest BCUT2D eigenvalue weighted by Gasteiger charge is -2.04. The number of aromatic nitrogens is 1. The van der Waals surface area contributed by atoms with E-state index in [0.29, 0.717) is 0 Å². The van der Waals surface area contributed by atoms with E-state index in [-0.39, 0.29) is 11.9 Å². The second kappa shape index (κ2) is 3.93. The Labute approximate surface area is 99.3 Å². The number of hydrogen-bond donors (Lipinski definition) is 1. The molecule has 1 atom stereocenters. The first kappa shape index (κ1) is 10.4. The fourth-order valence-electron chi connectivity index (χ4n) is 2.34. The number of pyridine rings is 1. The van der Waals surface area contributed by atoms with Gasteiger partial charge in [0, 0.05) is 17.8 Å². The zero-order chi connectivity index (χ0) is 11.8. The lowest BCUT2D eigenvalue weighted by molar-refractivity contribution is 0.628. The second-order valence-corrected chi connectivity index (χ2v) is 4.52. The summed E-state index contributed by atoms with van der Waals surface area (Å²) < 4.78 is 13.1. The van der Waals surface area contributed by atoms with Gasteiger partial charge in [-0.3, -0.25) is 4.98 Å². The van der Waals surface area contributed by atoms with E-state index in [1.807, 2.05) is 18.3 Å². The predicted molar refractivity (Wildman–Crippen MR) is 65.0 cm³/mol. The van der Waals surface area contributed by atoms with E-state index in [9.17, 15) is 4.39 Å². The third kappa shape index (κ3) is 1.94. The lowest BCUT2D eigenvalue weighted by Crippen LogP contribution is -2.18. The van der Waals surface area contributed by atoms with Crippen molar-refractivity contribution in [2.45, 2.75) is 18.9 Å². The standard InChI is InChI=1S/C14H13FN2/c15-12-3-1-2-9(4-12)14-7-10-5-13(16)6-11(10)8-17-14/h1-4,7-8,13H,5-6,16H2. The van der Waals surface area contributed by atoms with Gasteiger partial charge >= 0.3 is 0 Å². The quantitative estimate of drug-likeness (QED) is 0.813. The lowest BCUT2D eigenvalue weighted by atomic mass is 10.1. The van der Waals surface area contributed by atoms with Crippen molar-refractivity contribution in [3.63, 3.8) is 0 Å². The molecule has 17 heavy (non-hydrogen) atoms. The molecule has 0 amide bonds. The van der Waals surface area contributed by atoms with Gasteiger partial charge in [-0.2, -0.15) is 0 Å². The van der Waals surface area contributed by atoms with Gasteiger partial charge in [-0.1, -0.05) is 12.1 Å².